The number of aromatic nitrogens is 1. The second-order valence-electron chi connectivity index (χ2n) is 7.85. The molecule has 172 valence electrons. The van der Waals surface area contributed by atoms with Gasteiger partial charge in [-0.3, -0.25) is 4.79 Å². The van der Waals surface area contributed by atoms with Crippen molar-refractivity contribution in [1.82, 2.24) is 8.87 Å². The third-order valence-corrected chi connectivity index (χ3v) is 9.30. The van der Waals surface area contributed by atoms with Crippen molar-refractivity contribution >= 4 is 60.7 Å². The van der Waals surface area contributed by atoms with E-state index in [-0.39, 0.29) is 23.9 Å². The molecule has 0 N–H and O–H groups in total. The number of benzene rings is 2. The summed E-state index contributed by atoms with van der Waals surface area (Å²) in [5, 5.41) is 0.954. The van der Waals surface area contributed by atoms with Crippen LogP contribution in [0.25, 0.3) is 10.2 Å². The van der Waals surface area contributed by atoms with E-state index in [4.69, 9.17) is 29.6 Å². The summed E-state index contributed by atoms with van der Waals surface area (Å²) in [6, 6.07) is 10.1. The molecule has 4 rings (SSSR count). The van der Waals surface area contributed by atoms with Gasteiger partial charge in [-0.25, -0.2) is 8.42 Å². The van der Waals surface area contributed by atoms with Gasteiger partial charge in [0.05, 0.1) is 37.6 Å². The van der Waals surface area contributed by atoms with E-state index < -0.39 is 15.9 Å². The Balaban J connectivity index is 1.66. The summed E-state index contributed by atoms with van der Waals surface area (Å²) in [5.74, 6) is 1.63. The molecular weight excluding hydrogens is 501 g/mol. The summed E-state index contributed by atoms with van der Waals surface area (Å²) >= 11 is 13.9. The van der Waals surface area contributed by atoms with Crippen LogP contribution < -0.4 is 4.80 Å². The average molecular weight is 522 g/mol. The molecule has 1 aromatic heterocycles. The second-order valence-corrected chi connectivity index (χ2v) is 11.6. The Morgan fingerprint density at radius 3 is 2.61 bits per heavy atom. The molecule has 1 aliphatic rings. The van der Waals surface area contributed by atoms with Gasteiger partial charge in [0.15, 0.2) is 4.80 Å². The predicted octanol–water partition coefficient (Wildman–Crippen LogP) is 4.48. The fraction of sp³-hybridized carbons (Fsp3) is 0.304. The van der Waals surface area contributed by atoms with Gasteiger partial charge < -0.3 is 4.57 Å². The maximum absolute atomic E-state index is 13.1. The van der Waals surface area contributed by atoms with E-state index in [9.17, 15) is 13.2 Å². The van der Waals surface area contributed by atoms with E-state index in [2.05, 4.69) is 10.9 Å². The minimum absolute atomic E-state index is 0.0834. The molecule has 1 fully saturated rings. The number of terminal acetylenes is 1. The number of carbonyl (C=O) groups excluding carboxylic acids is 1. The first-order valence-electron chi connectivity index (χ1n) is 10.3. The number of piperidine rings is 1. The molecule has 2 aromatic carbocycles. The molecule has 1 amide bonds. The third kappa shape index (κ3) is 4.75. The summed E-state index contributed by atoms with van der Waals surface area (Å²) in [5.41, 5.74) is 1.61. The van der Waals surface area contributed by atoms with Crippen molar-refractivity contribution in [1.29, 1.82) is 0 Å². The van der Waals surface area contributed by atoms with Gasteiger partial charge in [-0.2, -0.15) is 9.30 Å². The number of carbonyl (C=O) groups is 1. The summed E-state index contributed by atoms with van der Waals surface area (Å²) < 4.78 is 29.9. The number of thiazole rings is 1. The van der Waals surface area contributed by atoms with Crippen molar-refractivity contribution in [2.75, 3.05) is 13.1 Å². The zero-order chi connectivity index (χ0) is 23.8. The Morgan fingerprint density at radius 1 is 1.21 bits per heavy atom. The van der Waals surface area contributed by atoms with Gasteiger partial charge in [0.1, 0.15) is 0 Å². The smallest absolute Gasteiger partial charge is 0.252 e. The van der Waals surface area contributed by atoms with E-state index in [1.807, 2.05) is 6.92 Å². The molecule has 0 bridgehead atoms. The lowest BCUT2D eigenvalue weighted by Gasteiger charge is -2.30. The summed E-state index contributed by atoms with van der Waals surface area (Å²) in [6.07, 6.45) is 6.66. The Labute approximate surface area is 206 Å². The van der Waals surface area contributed by atoms with Gasteiger partial charge in [-0.05, 0) is 44.0 Å². The Bertz CT molecular complexity index is 1430. The van der Waals surface area contributed by atoms with Crippen LogP contribution in [0, 0.1) is 25.2 Å². The van der Waals surface area contributed by atoms with Gasteiger partial charge in [-0.15, -0.1) is 6.42 Å². The minimum Gasteiger partial charge on any atom is -0.303 e. The first-order chi connectivity index (χ1) is 15.7. The summed E-state index contributed by atoms with van der Waals surface area (Å²) in [7, 11) is -3.69. The molecule has 0 aliphatic carbocycles. The van der Waals surface area contributed by atoms with E-state index >= 15 is 0 Å². The SMILES string of the molecule is C#CCn1c(=NC(=O)C2CCCN(S(=O)(=O)c3ccc(C)cc3)C2)sc2c(Cl)ccc(Cl)c21. The van der Waals surface area contributed by atoms with Crippen molar-refractivity contribution in [2.45, 2.75) is 31.2 Å². The fourth-order valence-corrected chi connectivity index (χ4v) is 7.02. The highest BCUT2D eigenvalue weighted by Gasteiger charge is 2.33. The maximum atomic E-state index is 13.1. The Hall–Kier alpha value is -2.15. The van der Waals surface area contributed by atoms with Crippen LogP contribution in [0.4, 0.5) is 0 Å². The lowest BCUT2D eigenvalue weighted by atomic mass is 9.99. The van der Waals surface area contributed by atoms with E-state index in [1.54, 1.807) is 41.0 Å². The Kier molecular flexibility index (Phi) is 6.99. The van der Waals surface area contributed by atoms with Crippen molar-refractivity contribution < 1.29 is 13.2 Å². The van der Waals surface area contributed by atoms with Crippen molar-refractivity contribution in [3.8, 4) is 12.3 Å². The van der Waals surface area contributed by atoms with E-state index in [0.717, 1.165) is 5.56 Å². The standard InChI is InChI=1S/C23H21Cl2N3O3S2/c1-3-12-28-20-18(24)10-11-19(25)21(20)32-23(28)26-22(29)16-5-4-13-27(14-16)33(30,31)17-8-6-15(2)7-9-17/h1,6-11,16H,4-5,12-14H2,2H3. The number of rotatable bonds is 4. The number of hydrogen-bond donors (Lipinski definition) is 0. The first kappa shape index (κ1) is 24.0. The van der Waals surface area contributed by atoms with Crippen LogP contribution in [-0.2, 0) is 21.4 Å². The highest BCUT2D eigenvalue weighted by atomic mass is 35.5. The van der Waals surface area contributed by atoms with Gasteiger partial charge in [0, 0.05) is 13.1 Å². The molecule has 6 nitrogen and oxygen atoms in total. The molecule has 1 aliphatic heterocycles. The highest BCUT2D eigenvalue weighted by Crippen LogP contribution is 2.32. The molecule has 33 heavy (non-hydrogen) atoms. The number of nitrogens with zero attached hydrogens (tertiary/aromatic N) is 3. The fourth-order valence-electron chi connectivity index (χ4n) is 3.84. The topological polar surface area (TPSA) is 71.7 Å². The van der Waals surface area contributed by atoms with Gasteiger partial charge in [0.2, 0.25) is 10.0 Å². The molecule has 1 atom stereocenters. The van der Waals surface area contributed by atoms with Crippen molar-refractivity contribution in [3.63, 3.8) is 0 Å². The van der Waals surface area contributed by atoms with Crippen LogP contribution in [0.1, 0.15) is 18.4 Å². The number of sulfonamides is 1. The number of halogens is 2. The molecule has 0 radical (unpaired) electrons. The molecule has 10 heteroatoms. The zero-order valence-corrected chi connectivity index (χ0v) is 20.9. The summed E-state index contributed by atoms with van der Waals surface area (Å²) in [4.78, 5) is 18.1. The lowest BCUT2D eigenvalue weighted by molar-refractivity contribution is -0.122. The van der Waals surface area contributed by atoms with Crippen molar-refractivity contribution in [2.24, 2.45) is 10.9 Å². The lowest BCUT2D eigenvalue weighted by Crippen LogP contribution is -2.42. The van der Waals surface area contributed by atoms with Gasteiger partial charge in [0.25, 0.3) is 5.91 Å². The molecule has 2 heterocycles. The predicted molar refractivity (Wildman–Crippen MR) is 132 cm³/mol. The van der Waals surface area contributed by atoms with Crippen LogP contribution in [0.2, 0.25) is 10.0 Å². The molecule has 0 saturated carbocycles. The zero-order valence-electron chi connectivity index (χ0n) is 17.8. The van der Waals surface area contributed by atoms with Crippen LogP contribution in [0.3, 0.4) is 0 Å². The highest BCUT2D eigenvalue weighted by molar-refractivity contribution is 7.89. The van der Waals surface area contributed by atoms with Crippen molar-refractivity contribution in [3.05, 3.63) is 56.8 Å². The number of fused-ring (bicyclic) bond motifs is 1. The van der Waals surface area contributed by atoms with Crippen LogP contribution in [0.15, 0.2) is 46.3 Å². The number of aryl methyl sites for hydroxylation is 1. The first-order valence-corrected chi connectivity index (χ1v) is 13.3. The second kappa shape index (κ2) is 9.61. The van der Waals surface area contributed by atoms with E-state index in [0.29, 0.717) is 44.4 Å². The van der Waals surface area contributed by atoms with Gasteiger partial charge >= 0.3 is 0 Å². The molecule has 1 unspecified atom stereocenters. The van der Waals surface area contributed by atoms with E-state index in [1.165, 1.54) is 15.6 Å². The minimum atomic E-state index is -3.69. The third-order valence-electron chi connectivity index (χ3n) is 5.58. The summed E-state index contributed by atoms with van der Waals surface area (Å²) in [6.45, 7) is 2.52. The number of amides is 1. The number of hydrogen-bond acceptors (Lipinski definition) is 4. The maximum Gasteiger partial charge on any atom is 0.252 e. The normalized spacial score (nSPS) is 17.9. The molecule has 3 aromatic rings. The molecule has 1 saturated heterocycles. The van der Waals surface area contributed by atoms with Gasteiger partial charge in [-0.1, -0.05) is 58.2 Å². The van der Waals surface area contributed by atoms with Crippen LogP contribution in [0.5, 0.6) is 0 Å². The Morgan fingerprint density at radius 2 is 1.91 bits per heavy atom. The van der Waals surface area contributed by atoms with Crippen LogP contribution in [-0.4, -0.2) is 36.3 Å². The quantitative estimate of drug-likeness (QED) is 0.475. The largest absolute Gasteiger partial charge is 0.303 e. The molecular formula is C23H21Cl2N3O3S2. The van der Waals surface area contributed by atoms with Crippen LogP contribution >= 0.6 is 34.5 Å². The monoisotopic (exact) mass is 521 g/mol. The average Bonchev–Trinajstić information content (AvgIpc) is 3.16. The molecule has 0 spiro atoms.